The van der Waals surface area contributed by atoms with Crippen LogP contribution in [0.5, 0.6) is 0 Å². The highest BCUT2D eigenvalue weighted by Crippen LogP contribution is 2.52. The van der Waals surface area contributed by atoms with Crippen molar-refractivity contribution in [3.63, 3.8) is 0 Å². The molecule has 2 fully saturated rings. The number of rotatable bonds is 3. The summed E-state index contributed by atoms with van der Waals surface area (Å²) in [4.78, 5) is 4.56. The number of aromatic nitrogens is 3. The lowest BCUT2D eigenvalue weighted by atomic mass is 9.91. The van der Waals surface area contributed by atoms with Gasteiger partial charge in [0.05, 0.1) is 11.4 Å². The molecule has 0 saturated heterocycles. The van der Waals surface area contributed by atoms with Crippen molar-refractivity contribution in [3.8, 4) is 11.4 Å². The number of nitrogens with zero attached hydrogens (tertiary/aromatic N) is 2. The van der Waals surface area contributed by atoms with Crippen LogP contribution in [0, 0.1) is 5.92 Å². The average molecular weight is 336 g/mol. The summed E-state index contributed by atoms with van der Waals surface area (Å²) in [5.74, 6) is 1.52. The molecule has 6 nitrogen and oxygen atoms in total. The van der Waals surface area contributed by atoms with Gasteiger partial charge in [-0.3, -0.25) is 10.1 Å². The minimum Gasteiger partial charge on any atom is -0.382 e. The van der Waals surface area contributed by atoms with Gasteiger partial charge in [0.15, 0.2) is 5.82 Å². The summed E-state index contributed by atoms with van der Waals surface area (Å²) >= 11 is 0. The van der Waals surface area contributed by atoms with Gasteiger partial charge in [0.2, 0.25) is 0 Å². The van der Waals surface area contributed by atoms with E-state index in [4.69, 9.17) is 5.73 Å². The van der Waals surface area contributed by atoms with Crippen molar-refractivity contribution in [2.45, 2.75) is 44.2 Å². The summed E-state index contributed by atoms with van der Waals surface area (Å²) in [5, 5.41) is 14.6. The predicted molar refractivity (Wildman–Crippen MR) is 100 cm³/mol. The molecule has 2 saturated carbocycles. The molecule has 130 valence electrons. The van der Waals surface area contributed by atoms with Gasteiger partial charge in [-0.15, -0.1) is 0 Å². The van der Waals surface area contributed by atoms with Crippen LogP contribution in [0.3, 0.4) is 0 Å². The summed E-state index contributed by atoms with van der Waals surface area (Å²) in [6.07, 6.45) is 8.80. The number of hydrogen-bond acceptors (Lipinski definition) is 5. The lowest BCUT2D eigenvalue weighted by molar-refractivity contribution is 0.397. The summed E-state index contributed by atoms with van der Waals surface area (Å²) in [7, 11) is 0. The third-order valence-electron chi connectivity index (χ3n) is 5.92. The van der Waals surface area contributed by atoms with Crippen LogP contribution in [0.2, 0.25) is 0 Å². The van der Waals surface area contributed by atoms with Crippen LogP contribution in [-0.2, 0) is 0 Å². The Morgan fingerprint density at radius 3 is 3.24 bits per heavy atom. The van der Waals surface area contributed by atoms with Gasteiger partial charge in [0, 0.05) is 35.6 Å². The Labute approximate surface area is 147 Å². The first-order chi connectivity index (χ1) is 12.1. The first kappa shape index (κ1) is 15.0. The number of nitrogens with two attached hydrogens (primary N) is 1. The van der Waals surface area contributed by atoms with Crippen LogP contribution >= 0.6 is 0 Å². The SMILES string of the molecule is CC1=Cc2c(n[nH]c2-c2cc(NC3CCCC4(N)CC34)ccn2)NC1. The lowest BCUT2D eigenvalue weighted by Gasteiger charge is -2.27. The van der Waals surface area contributed by atoms with Crippen LogP contribution in [0.1, 0.15) is 38.2 Å². The van der Waals surface area contributed by atoms with E-state index in [1.807, 2.05) is 12.3 Å². The maximum Gasteiger partial charge on any atom is 0.156 e. The highest BCUT2D eigenvalue weighted by atomic mass is 15.2. The lowest BCUT2D eigenvalue weighted by Crippen LogP contribution is -2.37. The number of aromatic amines is 1. The minimum atomic E-state index is 0.0994. The Hall–Kier alpha value is -2.34. The smallest absolute Gasteiger partial charge is 0.156 e. The monoisotopic (exact) mass is 336 g/mol. The minimum absolute atomic E-state index is 0.0994. The van der Waals surface area contributed by atoms with Crippen molar-refractivity contribution in [2.24, 2.45) is 11.7 Å². The van der Waals surface area contributed by atoms with E-state index in [0.717, 1.165) is 41.4 Å². The molecule has 2 aromatic heterocycles. The van der Waals surface area contributed by atoms with Crippen molar-refractivity contribution in [3.05, 3.63) is 29.5 Å². The highest BCUT2D eigenvalue weighted by molar-refractivity contribution is 5.81. The molecule has 1 aliphatic heterocycles. The largest absolute Gasteiger partial charge is 0.382 e. The number of nitrogens with one attached hydrogen (secondary N) is 3. The Morgan fingerprint density at radius 2 is 2.32 bits per heavy atom. The molecule has 0 radical (unpaired) electrons. The molecular weight excluding hydrogens is 312 g/mol. The van der Waals surface area contributed by atoms with Crippen molar-refractivity contribution < 1.29 is 0 Å². The van der Waals surface area contributed by atoms with Gasteiger partial charge in [0.1, 0.15) is 0 Å². The van der Waals surface area contributed by atoms with Gasteiger partial charge >= 0.3 is 0 Å². The molecule has 0 spiro atoms. The van der Waals surface area contributed by atoms with E-state index in [-0.39, 0.29) is 5.54 Å². The molecule has 3 atom stereocenters. The van der Waals surface area contributed by atoms with Crippen molar-refractivity contribution in [2.75, 3.05) is 17.2 Å². The predicted octanol–water partition coefficient (Wildman–Crippen LogP) is 2.98. The molecule has 3 heterocycles. The zero-order chi connectivity index (χ0) is 17.0. The van der Waals surface area contributed by atoms with Crippen LogP contribution in [0.4, 0.5) is 11.5 Å². The molecule has 2 aliphatic carbocycles. The standard InChI is InChI=1S/C19H24N6/c1-11-7-13-17(24-25-18(13)22-10-11)16-8-12(4-6-21-16)23-15-3-2-5-19(20)9-14(15)19/h4,6-8,14-15H,2-3,5,9-10,20H2,1H3,(H,21,23)(H2,22,24,25). The Bertz CT molecular complexity index is 853. The van der Waals surface area contributed by atoms with E-state index in [1.54, 1.807) is 0 Å². The van der Waals surface area contributed by atoms with Crippen LogP contribution in [0.25, 0.3) is 17.5 Å². The second kappa shape index (κ2) is 5.33. The average Bonchev–Trinajstić information content (AvgIpc) is 3.14. The molecule has 25 heavy (non-hydrogen) atoms. The third-order valence-corrected chi connectivity index (χ3v) is 5.92. The van der Waals surface area contributed by atoms with Gasteiger partial charge in [-0.05, 0) is 56.7 Å². The molecule has 3 unspecified atom stereocenters. The van der Waals surface area contributed by atoms with Gasteiger partial charge < -0.3 is 16.4 Å². The number of H-pyrrole nitrogens is 1. The van der Waals surface area contributed by atoms with E-state index >= 15 is 0 Å². The topological polar surface area (TPSA) is 91.7 Å². The second-order valence-electron chi connectivity index (χ2n) is 7.82. The fourth-order valence-corrected chi connectivity index (χ4v) is 4.42. The van der Waals surface area contributed by atoms with Crippen LogP contribution in [-0.4, -0.2) is 33.3 Å². The van der Waals surface area contributed by atoms with E-state index in [2.05, 4.69) is 44.9 Å². The first-order valence-electron chi connectivity index (χ1n) is 9.14. The van der Waals surface area contributed by atoms with Gasteiger partial charge in [-0.2, -0.15) is 5.10 Å². The number of anilines is 2. The van der Waals surface area contributed by atoms with E-state index in [0.29, 0.717) is 12.0 Å². The summed E-state index contributed by atoms with van der Waals surface area (Å²) in [6.45, 7) is 2.96. The summed E-state index contributed by atoms with van der Waals surface area (Å²) in [6, 6.07) is 4.63. The second-order valence-corrected chi connectivity index (χ2v) is 7.82. The Balaban J connectivity index is 1.42. The number of fused-ring (bicyclic) bond motifs is 2. The maximum absolute atomic E-state index is 6.41. The normalized spacial score (nSPS) is 29.9. The van der Waals surface area contributed by atoms with Crippen LogP contribution in [0.15, 0.2) is 23.9 Å². The Kier molecular flexibility index (Phi) is 3.19. The number of hydrogen-bond donors (Lipinski definition) is 4. The van der Waals surface area contributed by atoms with Crippen molar-refractivity contribution in [1.29, 1.82) is 0 Å². The molecular formula is C19H24N6. The van der Waals surface area contributed by atoms with Gasteiger partial charge in [-0.1, -0.05) is 5.57 Å². The zero-order valence-electron chi connectivity index (χ0n) is 14.5. The van der Waals surface area contributed by atoms with E-state index < -0.39 is 0 Å². The fourth-order valence-electron chi connectivity index (χ4n) is 4.42. The Morgan fingerprint density at radius 1 is 1.40 bits per heavy atom. The molecule has 2 aromatic rings. The zero-order valence-corrected chi connectivity index (χ0v) is 14.5. The summed E-state index contributed by atoms with van der Waals surface area (Å²) < 4.78 is 0. The highest BCUT2D eigenvalue weighted by Gasteiger charge is 2.56. The summed E-state index contributed by atoms with van der Waals surface area (Å²) in [5.41, 5.74) is 11.9. The van der Waals surface area contributed by atoms with E-state index in [9.17, 15) is 0 Å². The van der Waals surface area contributed by atoms with Crippen LogP contribution < -0.4 is 16.4 Å². The van der Waals surface area contributed by atoms with Crippen molar-refractivity contribution >= 4 is 17.6 Å². The maximum atomic E-state index is 6.41. The molecule has 0 aromatic carbocycles. The number of pyridine rings is 1. The van der Waals surface area contributed by atoms with Gasteiger partial charge in [0.25, 0.3) is 0 Å². The molecule has 5 rings (SSSR count). The third kappa shape index (κ3) is 2.52. The molecule has 3 aliphatic rings. The molecule has 6 heteroatoms. The first-order valence-corrected chi connectivity index (χ1v) is 9.14. The molecule has 0 bridgehead atoms. The van der Waals surface area contributed by atoms with Gasteiger partial charge in [-0.25, -0.2) is 0 Å². The molecule has 5 N–H and O–H groups in total. The molecule has 0 amide bonds. The van der Waals surface area contributed by atoms with E-state index in [1.165, 1.54) is 24.8 Å². The van der Waals surface area contributed by atoms with Crippen molar-refractivity contribution in [1.82, 2.24) is 15.2 Å². The quantitative estimate of drug-likeness (QED) is 0.692. The fraction of sp³-hybridized carbons (Fsp3) is 0.474.